The third kappa shape index (κ3) is 7.18. The molecular weight excluding hydrogens is 354 g/mol. The minimum atomic E-state index is -0.268. The molecule has 3 nitrogen and oxygen atoms in total. The van der Waals surface area contributed by atoms with Crippen molar-refractivity contribution >= 4 is 33.4 Å². The number of halogens is 2. The van der Waals surface area contributed by atoms with Gasteiger partial charge in [-0.15, -0.1) is 0 Å². The van der Waals surface area contributed by atoms with E-state index in [1.807, 2.05) is 13.8 Å². The van der Waals surface area contributed by atoms with Crippen LogP contribution in [0.4, 0.5) is 0 Å². The fraction of sp³-hybridized carbons (Fsp3) is 0.562. The van der Waals surface area contributed by atoms with Gasteiger partial charge in [-0.1, -0.05) is 32.4 Å². The molecule has 0 aliphatic carbocycles. The second-order valence-electron chi connectivity index (χ2n) is 7.03. The minimum Gasteiger partial charge on any atom is -0.483 e. The first-order valence-corrected chi connectivity index (χ1v) is 8.04. The summed E-state index contributed by atoms with van der Waals surface area (Å²) in [5.41, 5.74) is -0.118. The molecule has 0 spiro atoms. The number of benzene rings is 1. The summed E-state index contributed by atoms with van der Waals surface area (Å²) in [4.78, 5) is 12.0. The summed E-state index contributed by atoms with van der Waals surface area (Å²) >= 11 is 9.22. The Labute approximate surface area is 140 Å². The second kappa shape index (κ2) is 7.01. The molecule has 0 atom stereocenters. The fourth-order valence-corrected chi connectivity index (χ4v) is 3.32. The van der Waals surface area contributed by atoms with Crippen LogP contribution in [-0.2, 0) is 4.79 Å². The summed E-state index contributed by atoms with van der Waals surface area (Å²) in [7, 11) is 0. The average molecular weight is 377 g/mol. The molecule has 0 aliphatic heterocycles. The average Bonchev–Trinajstić information content (AvgIpc) is 2.23. The van der Waals surface area contributed by atoms with E-state index in [0.717, 1.165) is 10.9 Å². The Hall–Kier alpha value is -0.740. The van der Waals surface area contributed by atoms with Gasteiger partial charge in [0.05, 0.1) is 4.47 Å². The summed E-state index contributed by atoms with van der Waals surface area (Å²) in [6.07, 6.45) is 0.885. The van der Waals surface area contributed by atoms with Gasteiger partial charge in [0, 0.05) is 10.6 Å². The Balaban J connectivity index is 2.54. The number of rotatable bonds is 5. The van der Waals surface area contributed by atoms with Crippen LogP contribution in [0.3, 0.4) is 0 Å². The molecule has 0 heterocycles. The van der Waals surface area contributed by atoms with E-state index in [1.54, 1.807) is 18.2 Å². The standard InChI is InChI=1S/C16H23BrClNO2/c1-15(2,3)10-16(4,5)19-14(20)9-21-13-7-6-11(18)8-12(13)17/h6-8H,9-10H2,1-5H3,(H,19,20). The van der Waals surface area contributed by atoms with Gasteiger partial charge in [0.15, 0.2) is 6.61 Å². The van der Waals surface area contributed by atoms with Crippen LogP contribution in [0.1, 0.15) is 41.0 Å². The van der Waals surface area contributed by atoms with Gasteiger partial charge in [-0.25, -0.2) is 0 Å². The molecule has 1 aromatic carbocycles. The number of carbonyl (C=O) groups is 1. The predicted octanol–water partition coefficient (Wildman–Crippen LogP) is 4.81. The molecule has 0 fully saturated rings. The number of hydrogen-bond acceptors (Lipinski definition) is 2. The van der Waals surface area contributed by atoms with E-state index in [2.05, 4.69) is 42.0 Å². The summed E-state index contributed by atoms with van der Waals surface area (Å²) < 4.78 is 6.25. The highest BCUT2D eigenvalue weighted by Gasteiger charge is 2.27. The SMILES string of the molecule is CC(C)(C)CC(C)(C)NC(=O)COc1ccc(Cl)cc1Br. The van der Waals surface area contributed by atoms with E-state index < -0.39 is 0 Å². The van der Waals surface area contributed by atoms with Crippen molar-refractivity contribution in [3.8, 4) is 5.75 Å². The molecule has 1 N–H and O–H groups in total. The van der Waals surface area contributed by atoms with E-state index in [1.165, 1.54) is 0 Å². The Morgan fingerprint density at radius 2 is 1.90 bits per heavy atom. The zero-order chi connectivity index (χ0) is 16.3. The lowest BCUT2D eigenvalue weighted by Crippen LogP contribution is -2.47. The smallest absolute Gasteiger partial charge is 0.258 e. The highest BCUT2D eigenvalue weighted by molar-refractivity contribution is 9.10. The van der Waals surface area contributed by atoms with Crippen molar-refractivity contribution in [3.05, 3.63) is 27.7 Å². The van der Waals surface area contributed by atoms with Crippen molar-refractivity contribution in [1.29, 1.82) is 0 Å². The van der Waals surface area contributed by atoms with E-state index in [-0.39, 0.29) is 23.5 Å². The molecular formula is C16H23BrClNO2. The quantitative estimate of drug-likeness (QED) is 0.800. The third-order valence-corrected chi connectivity index (χ3v) is 3.56. The van der Waals surface area contributed by atoms with Gasteiger partial charge < -0.3 is 10.1 Å². The molecule has 0 saturated carbocycles. The minimum absolute atomic E-state index is 0.0200. The lowest BCUT2D eigenvalue weighted by atomic mass is 9.82. The van der Waals surface area contributed by atoms with Gasteiger partial charge in [0.25, 0.3) is 5.91 Å². The van der Waals surface area contributed by atoms with Gasteiger partial charge >= 0.3 is 0 Å². The van der Waals surface area contributed by atoms with Gasteiger partial charge in [-0.2, -0.15) is 0 Å². The van der Waals surface area contributed by atoms with E-state index in [0.29, 0.717) is 10.8 Å². The first kappa shape index (κ1) is 18.3. The molecule has 0 aliphatic rings. The first-order valence-electron chi connectivity index (χ1n) is 6.87. The zero-order valence-electron chi connectivity index (χ0n) is 13.2. The molecule has 5 heteroatoms. The van der Waals surface area contributed by atoms with E-state index in [9.17, 15) is 4.79 Å². The van der Waals surface area contributed by atoms with Gasteiger partial charge in [-0.3, -0.25) is 4.79 Å². The maximum absolute atomic E-state index is 12.0. The first-order chi connectivity index (χ1) is 9.48. The van der Waals surface area contributed by atoms with Crippen LogP contribution >= 0.6 is 27.5 Å². The number of carbonyl (C=O) groups excluding carboxylic acids is 1. The zero-order valence-corrected chi connectivity index (χ0v) is 15.6. The van der Waals surface area contributed by atoms with E-state index in [4.69, 9.17) is 16.3 Å². The van der Waals surface area contributed by atoms with Gasteiger partial charge in [-0.05, 0) is 59.8 Å². The molecule has 0 saturated heterocycles. The topological polar surface area (TPSA) is 38.3 Å². The van der Waals surface area contributed by atoms with Crippen molar-refractivity contribution in [2.24, 2.45) is 5.41 Å². The van der Waals surface area contributed by atoms with Crippen LogP contribution in [-0.4, -0.2) is 18.1 Å². The number of nitrogens with one attached hydrogen (secondary N) is 1. The summed E-state index contributed by atoms with van der Waals surface area (Å²) in [5.74, 6) is 0.467. The van der Waals surface area contributed by atoms with Crippen LogP contribution in [0.2, 0.25) is 5.02 Å². The third-order valence-electron chi connectivity index (χ3n) is 2.70. The van der Waals surface area contributed by atoms with Crippen molar-refractivity contribution in [2.45, 2.75) is 46.6 Å². The highest BCUT2D eigenvalue weighted by atomic mass is 79.9. The summed E-state index contributed by atoms with van der Waals surface area (Å²) in [6.45, 7) is 10.5. The molecule has 118 valence electrons. The molecule has 0 radical (unpaired) electrons. The van der Waals surface area contributed by atoms with Crippen LogP contribution in [0.5, 0.6) is 5.75 Å². The molecule has 1 amide bonds. The summed E-state index contributed by atoms with van der Waals surface area (Å²) in [6, 6.07) is 5.20. The van der Waals surface area contributed by atoms with Crippen LogP contribution < -0.4 is 10.1 Å². The normalized spacial score (nSPS) is 12.1. The predicted molar refractivity (Wildman–Crippen MR) is 90.9 cm³/mol. The molecule has 1 rings (SSSR count). The second-order valence-corrected chi connectivity index (χ2v) is 8.32. The number of ether oxygens (including phenoxy) is 1. The lowest BCUT2D eigenvalue weighted by molar-refractivity contribution is -0.125. The molecule has 1 aromatic rings. The van der Waals surface area contributed by atoms with Crippen molar-refractivity contribution < 1.29 is 9.53 Å². The molecule has 21 heavy (non-hydrogen) atoms. The van der Waals surface area contributed by atoms with Crippen LogP contribution in [0.15, 0.2) is 22.7 Å². The largest absolute Gasteiger partial charge is 0.483 e. The van der Waals surface area contributed by atoms with E-state index >= 15 is 0 Å². The number of hydrogen-bond donors (Lipinski definition) is 1. The van der Waals surface area contributed by atoms with Crippen molar-refractivity contribution in [3.63, 3.8) is 0 Å². The Morgan fingerprint density at radius 3 is 2.43 bits per heavy atom. The Morgan fingerprint density at radius 1 is 1.29 bits per heavy atom. The van der Waals surface area contributed by atoms with Crippen molar-refractivity contribution in [1.82, 2.24) is 5.32 Å². The van der Waals surface area contributed by atoms with Gasteiger partial charge in [0.2, 0.25) is 0 Å². The monoisotopic (exact) mass is 375 g/mol. The molecule has 0 unspecified atom stereocenters. The Kier molecular flexibility index (Phi) is 6.11. The van der Waals surface area contributed by atoms with Gasteiger partial charge in [0.1, 0.15) is 5.75 Å². The van der Waals surface area contributed by atoms with Crippen molar-refractivity contribution in [2.75, 3.05) is 6.61 Å². The fourth-order valence-electron chi connectivity index (χ4n) is 2.52. The summed E-state index contributed by atoms with van der Waals surface area (Å²) in [5, 5.41) is 3.62. The van der Waals surface area contributed by atoms with Crippen LogP contribution in [0, 0.1) is 5.41 Å². The molecule has 0 bridgehead atoms. The number of amides is 1. The highest BCUT2D eigenvalue weighted by Crippen LogP contribution is 2.28. The Bertz CT molecular complexity index is 509. The lowest BCUT2D eigenvalue weighted by Gasteiger charge is -2.33. The molecule has 0 aromatic heterocycles. The van der Waals surface area contributed by atoms with Crippen LogP contribution in [0.25, 0.3) is 0 Å². The maximum Gasteiger partial charge on any atom is 0.258 e. The maximum atomic E-state index is 12.0.